The number of ether oxygens (including phenoxy) is 1. The molecule has 0 saturated carbocycles. The highest BCUT2D eigenvalue weighted by Crippen LogP contribution is 2.31. The second-order valence-corrected chi connectivity index (χ2v) is 4.43. The van der Waals surface area contributed by atoms with Gasteiger partial charge in [0.15, 0.2) is 0 Å². The standard InChI is InChI=1S/C14H19N3O/c1-9(8-15)14-16-10(2)13(17-14)11-6-4-5-7-12(11)18-3/h4-7,9H,8,15H2,1-3H3,(H,16,17). The Kier molecular flexibility index (Phi) is 3.67. The lowest BCUT2D eigenvalue weighted by Gasteiger charge is -2.06. The van der Waals surface area contributed by atoms with Crippen molar-refractivity contribution in [3.05, 3.63) is 35.8 Å². The van der Waals surface area contributed by atoms with Crippen molar-refractivity contribution in [2.24, 2.45) is 5.73 Å². The van der Waals surface area contributed by atoms with Crippen LogP contribution >= 0.6 is 0 Å². The summed E-state index contributed by atoms with van der Waals surface area (Å²) in [4.78, 5) is 7.94. The summed E-state index contributed by atoms with van der Waals surface area (Å²) < 4.78 is 5.37. The Morgan fingerprint density at radius 2 is 2.11 bits per heavy atom. The largest absolute Gasteiger partial charge is 0.496 e. The summed E-state index contributed by atoms with van der Waals surface area (Å²) in [5, 5.41) is 0. The molecule has 1 atom stereocenters. The van der Waals surface area contributed by atoms with Crippen molar-refractivity contribution in [1.82, 2.24) is 9.97 Å². The van der Waals surface area contributed by atoms with Crippen LogP contribution < -0.4 is 10.5 Å². The van der Waals surface area contributed by atoms with Gasteiger partial charge in [0.25, 0.3) is 0 Å². The summed E-state index contributed by atoms with van der Waals surface area (Å²) in [5.41, 5.74) is 8.65. The van der Waals surface area contributed by atoms with E-state index in [4.69, 9.17) is 10.5 Å². The fourth-order valence-corrected chi connectivity index (χ4v) is 1.93. The van der Waals surface area contributed by atoms with Crippen LogP contribution in [-0.2, 0) is 0 Å². The van der Waals surface area contributed by atoms with Crippen LogP contribution in [0.15, 0.2) is 24.3 Å². The molecule has 0 bridgehead atoms. The number of nitrogens with two attached hydrogens (primary N) is 1. The molecule has 0 aliphatic rings. The van der Waals surface area contributed by atoms with Crippen LogP contribution in [0.2, 0.25) is 0 Å². The lowest BCUT2D eigenvalue weighted by atomic mass is 10.1. The number of nitrogens with one attached hydrogen (secondary N) is 1. The fraction of sp³-hybridized carbons (Fsp3) is 0.357. The van der Waals surface area contributed by atoms with E-state index in [-0.39, 0.29) is 5.92 Å². The minimum atomic E-state index is 0.229. The molecule has 0 spiro atoms. The van der Waals surface area contributed by atoms with Gasteiger partial charge in [-0.1, -0.05) is 19.1 Å². The van der Waals surface area contributed by atoms with Crippen molar-refractivity contribution >= 4 is 0 Å². The first-order chi connectivity index (χ1) is 8.67. The highest BCUT2D eigenvalue weighted by atomic mass is 16.5. The molecule has 18 heavy (non-hydrogen) atoms. The number of benzene rings is 1. The van der Waals surface area contributed by atoms with Gasteiger partial charge in [-0.2, -0.15) is 0 Å². The lowest BCUT2D eigenvalue weighted by molar-refractivity contribution is 0.416. The van der Waals surface area contributed by atoms with E-state index in [0.717, 1.165) is 28.5 Å². The summed E-state index contributed by atoms with van der Waals surface area (Å²) in [7, 11) is 1.67. The Hall–Kier alpha value is -1.81. The van der Waals surface area contributed by atoms with Crippen molar-refractivity contribution in [2.75, 3.05) is 13.7 Å². The number of nitrogens with zero attached hydrogens (tertiary/aromatic N) is 1. The molecule has 1 aromatic heterocycles. The molecule has 0 aliphatic heterocycles. The van der Waals surface area contributed by atoms with Gasteiger partial charge in [0.2, 0.25) is 0 Å². The number of aromatic amines is 1. The first kappa shape index (κ1) is 12.6. The molecule has 0 fully saturated rings. The van der Waals surface area contributed by atoms with Crippen LogP contribution in [0.25, 0.3) is 11.3 Å². The zero-order valence-electron chi connectivity index (χ0n) is 11.0. The molecule has 0 saturated heterocycles. The number of hydrogen-bond acceptors (Lipinski definition) is 3. The zero-order chi connectivity index (χ0) is 13.1. The normalized spacial score (nSPS) is 12.4. The highest BCUT2D eigenvalue weighted by molar-refractivity contribution is 5.69. The number of aromatic nitrogens is 2. The Bertz CT molecular complexity index is 534. The van der Waals surface area contributed by atoms with Gasteiger partial charge in [-0.3, -0.25) is 0 Å². The third-order valence-electron chi connectivity index (χ3n) is 3.09. The molecule has 4 heteroatoms. The van der Waals surface area contributed by atoms with Crippen molar-refractivity contribution in [3.8, 4) is 17.0 Å². The predicted molar refractivity (Wildman–Crippen MR) is 72.8 cm³/mol. The van der Waals surface area contributed by atoms with E-state index in [0.29, 0.717) is 6.54 Å². The van der Waals surface area contributed by atoms with Crippen molar-refractivity contribution < 1.29 is 4.74 Å². The molecule has 1 aromatic carbocycles. The van der Waals surface area contributed by atoms with Gasteiger partial charge in [0.05, 0.1) is 12.8 Å². The third-order valence-corrected chi connectivity index (χ3v) is 3.09. The average Bonchev–Trinajstić information content (AvgIpc) is 2.79. The van der Waals surface area contributed by atoms with E-state index >= 15 is 0 Å². The van der Waals surface area contributed by atoms with Gasteiger partial charge >= 0.3 is 0 Å². The van der Waals surface area contributed by atoms with Gasteiger partial charge in [-0.05, 0) is 19.1 Å². The minimum absolute atomic E-state index is 0.229. The van der Waals surface area contributed by atoms with Crippen LogP contribution in [-0.4, -0.2) is 23.6 Å². The van der Waals surface area contributed by atoms with E-state index in [1.165, 1.54) is 0 Å². The molecule has 1 unspecified atom stereocenters. The molecule has 0 radical (unpaired) electrons. The molecule has 2 rings (SSSR count). The number of imidazole rings is 1. The Morgan fingerprint density at radius 3 is 2.78 bits per heavy atom. The molecule has 0 amide bonds. The number of rotatable bonds is 4. The summed E-state index contributed by atoms with van der Waals surface area (Å²) in [6.07, 6.45) is 0. The molecule has 3 N–H and O–H groups in total. The summed E-state index contributed by atoms with van der Waals surface area (Å²) in [6.45, 7) is 4.66. The van der Waals surface area contributed by atoms with Gasteiger partial charge < -0.3 is 15.5 Å². The second kappa shape index (κ2) is 5.23. The van der Waals surface area contributed by atoms with Crippen molar-refractivity contribution in [2.45, 2.75) is 19.8 Å². The zero-order valence-corrected chi connectivity index (χ0v) is 11.0. The van der Waals surface area contributed by atoms with Gasteiger partial charge in [0, 0.05) is 23.7 Å². The van der Waals surface area contributed by atoms with Crippen molar-refractivity contribution in [3.63, 3.8) is 0 Å². The summed E-state index contributed by atoms with van der Waals surface area (Å²) >= 11 is 0. The quantitative estimate of drug-likeness (QED) is 0.869. The number of H-pyrrole nitrogens is 1. The molecular formula is C14H19N3O. The minimum Gasteiger partial charge on any atom is -0.496 e. The van der Waals surface area contributed by atoms with E-state index in [1.807, 2.05) is 31.2 Å². The van der Waals surface area contributed by atoms with Crippen LogP contribution in [0, 0.1) is 6.92 Å². The maximum absolute atomic E-state index is 5.67. The molecule has 1 heterocycles. The van der Waals surface area contributed by atoms with Crippen LogP contribution in [0.3, 0.4) is 0 Å². The second-order valence-electron chi connectivity index (χ2n) is 4.43. The number of para-hydroxylation sites is 1. The van der Waals surface area contributed by atoms with Crippen LogP contribution in [0.5, 0.6) is 5.75 Å². The summed E-state index contributed by atoms with van der Waals surface area (Å²) in [6, 6.07) is 7.89. The first-order valence-electron chi connectivity index (χ1n) is 6.07. The van der Waals surface area contributed by atoms with Crippen LogP contribution in [0.4, 0.5) is 0 Å². The topological polar surface area (TPSA) is 63.9 Å². The fourth-order valence-electron chi connectivity index (χ4n) is 1.93. The van der Waals surface area contributed by atoms with E-state index in [9.17, 15) is 0 Å². The van der Waals surface area contributed by atoms with Gasteiger partial charge in [-0.25, -0.2) is 4.98 Å². The first-order valence-corrected chi connectivity index (χ1v) is 6.07. The van der Waals surface area contributed by atoms with Crippen LogP contribution in [0.1, 0.15) is 24.4 Å². The molecule has 96 valence electrons. The molecule has 0 aliphatic carbocycles. The maximum Gasteiger partial charge on any atom is 0.128 e. The Labute approximate surface area is 107 Å². The monoisotopic (exact) mass is 245 g/mol. The predicted octanol–water partition coefficient (Wildman–Crippen LogP) is 2.46. The molecular weight excluding hydrogens is 226 g/mol. The molecule has 4 nitrogen and oxygen atoms in total. The Balaban J connectivity index is 2.47. The summed E-state index contributed by atoms with van der Waals surface area (Å²) in [5.74, 6) is 1.99. The third kappa shape index (κ3) is 2.24. The number of hydrogen-bond donors (Lipinski definition) is 2. The van der Waals surface area contributed by atoms with E-state index in [1.54, 1.807) is 7.11 Å². The Morgan fingerprint density at radius 1 is 1.39 bits per heavy atom. The maximum atomic E-state index is 5.67. The smallest absolute Gasteiger partial charge is 0.128 e. The SMILES string of the molecule is COc1ccccc1-c1nc(C(C)CN)[nH]c1C. The lowest BCUT2D eigenvalue weighted by Crippen LogP contribution is -2.10. The number of methoxy groups -OCH3 is 1. The van der Waals surface area contributed by atoms with Gasteiger partial charge in [-0.15, -0.1) is 0 Å². The number of aryl methyl sites for hydroxylation is 1. The molecule has 2 aromatic rings. The van der Waals surface area contributed by atoms with Gasteiger partial charge in [0.1, 0.15) is 11.6 Å². The van der Waals surface area contributed by atoms with Crippen molar-refractivity contribution in [1.29, 1.82) is 0 Å². The van der Waals surface area contributed by atoms with E-state index in [2.05, 4.69) is 16.9 Å². The highest BCUT2D eigenvalue weighted by Gasteiger charge is 2.15. The van der Waals surface area contributed by atoms with E-state index < -0.39 is 0 Å². The average molecular weight is 245 g/mol.